The fourth-order valence-electron chi connectivity index (χ4n) is 1.64. The first kappa shape index (κ1) is 12.4. The third-order valence-corrected chi connectivity index (χ3v) is 2.88. The molecule has 0 saturated heterocycles. The van der Waals surface area contributed by atoms with Crippen LogP contribution in [-0.4, -0.2) is 5.11 Å². The smallest absolute Gasteiger partial charge is 0.134 e. The maximum atomic E-state index is 9.25. The first-order chi connectivity index (χ1) is 7.24. The van der Waals surface area contributed by atoms with E-state index in [0.29, 0.717) is 5.02 Å². The van der Waals surface area contributed by atoms with Crippen LogP contribution in [0.5, 0.6) is 5.75 Å². The summed E-state index contributed by atoms with van der Waals surface area (Å²) in [5.41, 5.74) is 1.22. The lowest BCUT2D eigenvalue weighted by atomic mass is 10.1. The molecule has 0 spiro atoms. The quantitative estimate of drug-likeness (QED) is 0.706. The van der Waals surface area contributed by atoms with Crippen LogP contribution >= 0.6 is 11.6 Å². The van der Waals surface area contributed by atoms with Crippen molar-refractivity contribution in [3.05, 3.63) is 28.8 Å². The SMILES string of the molecule is CCCCCCCc1ccc(O)c(Cl)c1. The van der Waals surface area contributed by atoms with Gasteiger partial charge in [0, 0.05) is 0 Å². The monoisotopic (exact) mass is 226 g/mol. The molecule has 2 heteroatoms. The van der Waals surface area contributed by atoms with Gasteiger partial charge in [-0.15, -0.1) is 0 Å². The average Bonchev–Trinajstić information content (AvgIpc) is 2.23. The Morgan fingerprint density at radius 3 is 2.53 bits per heavy atom. The molecule has 0 aliphatic rings. The van der Waals surface area contributed by atoms with Crippen LogP contribution in [0.2, 0.25) is 5.02 Å². The summed E-state index contributed by atoms with van der Waals surface area (Å²) in [6.45, 7) is 2.22. The zero-order chi connectivity index (χ0) is 11.1. The molecule has 0 aliphatic carbocycles. The van der Waals surface area contributed by atoms with Gasteiger partial charge in [-0.2, -0.15) is 0 Å². The molecule has 1 aromatic rings. The van der Waals surface area contributed by atoms with Crippen molar-refractivity contribution in [3.8, 4) is 5.75 Å². The van der Waals surface area contributed by atoms with Crippen molar-refractivity contribution in [1.29, 1.82) is 0 Å². The summed E-state index contributed by atoms with van der Waals surface area (Å²) in [6.07, 6.45) is 7.49. The Labute approximate surface area is 97.1 Å². The Morgan fingerprint density at radius 2 is 1.87 bits per heavy atom. The standard InChI is InChI=1S/C13H19ClO/c1-2-3-4-5-6-7-11-8-9-13(15)12(14)10-11/h8-10,15H,2-7H2,1H3. The van der Waals surface area contributed by atoms with E-state index in [2.05, 4.69) is 6.92 Å². The van der Waals surface area contributed by atoms with E-state index in [4.69, 9.17) is 11.6 Å². The number of unbranched alkanes of at least 4 members (excludes halogenated alkanes) is 4. The molecule has 0 saturated carbocycles. The zero-order valence-corrected chi connectivity index (χ0v) is 10.1. The van der Waals surface area contributed by atoms with Crippen molar-refractivity contribution < 1.29 is 5.11 Å². The van der Waals surface area contributed by atoms with Crippen LogP contribution in [-0.2, 0) is 6.42 Å². The second-order valence-electron chi connectivity index (χ2n) is 3.95. The van der Waals surface area contributed by atoms with Crippen molar-refractivity contribution in [3.63, 3.8) is 0 Å². The molecule has 0 aliphatic heterocycles. The lowest BCUT2D eigenvalue weighted by Crippen LogP contribution is -1.86. The molecule has 0 radical (unpaired) electrons. The van der Waals surface area contributed by atoms with Gasteiger partial charge >= 0.3 is 0 Å². The van der Waals surface area contributed by atoms with Crippen LogP contribution in [0.4, 0.5) is 0 Å². The summed E-state index contributed by atoms with van der Waals surface area (Å²) in [7, 11) is 0. The lowest BCUT2D eigenvalue weighted by Gasteiger charge is -2.03. The summed E-state index contributed by atoms with van der Waals surface area (Å²) in [6, 6.07) is 5.47. The fourth-order valence-corrected chi connectivity index (χ4v) is 1.84. The van der Waals surface area contributed by atoms with Crippen LogP contribution in [0.15, 0.2) is 18.2 Å². The summed E-state index contributed by atoms with van der Waals surface area (Å²) in [4.78, 5) is 0. The van der Waals surface area contributed by atoms with Crippen LogP contribution < -0.4 is 0 Å². The van der Waals surface area contributed by atoms with Crippen molar-refractivity contribution in [2.45, 2.75) is 45.4 Å². The van der Waals surface area contributed by atoms with Gasteiger partial charge in [-0.3, -0.25) is 0 Å². The Kier molecular flexibility index (Phi) is 5.56. The van der Waals surface area contributed by atoms with Crippen LogP contribution in [0, 0.1) is 0 Å². The molecule has 0 unspecified atom stereocenters. The summed E-state index contributed by atoms with van der Waals surface area (Å²) in [5.74, 6) is 0.173. The molecule has 0 amide bonds. The number of hydrogen-bond acceptors (Lipinski definition) is 1. The molecule has 84 valence electrons. The van der Waals surface area contributed by atoms with Gasteiger partial charge in [0.15, 0.2) is 0 Å². The third kappa shape index (κ3) is 4.57. The van der Waals surface area contributed by atoms with E-state index < -0.39 is 0 Å². The Hall–Kier alpha value is -0.690. The van der Waals surface area contributed by atoms with Gasteiger partial charge in [-0.05, 0) is 30.5 Å². The third-order valence-electron chi connectivity index (χ3n) is 2.58. The highest BCUT2D eigenvalue weighted by Gasteiger charge is 1.99. The molecular weight excluding hydrogens is 208 g/mol. The predicted octanol–water partition coefficient (Wildman–Crippen LogP) is 4.56. The summed E-state index contributed by atoms with van der Waals surface area (Å²) in [5, 5.41) is 9.71. The summed E-state index contributed by atoms with van der Waals surface area (Å²) < 4.78 is 0. The van der Waals surface area contributed by atoms with Crippen molar-refractivity contribution in [2.24, 2.45) is 0 Å². The molecule has 1 nitrogen and oxygen atoms in total. The Morgan fingerprint density at radius 1 is 1.13 bits per heavy atom. The van der Waals surface area contributed by atoms with E-state index in [1.54, 1.807) is 6.07 Å². The van der Waals surface area contributed by atoms with Crippen LogP contribution in [0.3, 0.4) is 0 Å². The zero-order valence-electron chi connectivity index (χ0n) is 9.30. The van der Waals surface area contributed by atoms with Gasteiger partial charge in [0.2, 0.25) is 0 Å². The molecule has 0 bridgehead atoms. The number of benzene rings is 1. The van der Waals surface area contributed by atoms with E-state index in [1.807, 2.05) is 12.1 Å². The molecule has 1 aromatic carbocycles. The van der Waals surface area contributed by atoms with Crippen molar-refractivity contribution in [2.75, 3.05) is 0 Å². The number of aromatic hydroxyl groups is 1. The van der Waals surface area contributed by atoms with Gasteiger partial charge in [-0.1, -0.05) is 50.3 Å². The Bertz CT molecular complexity index is 297. The predicted molar refractivity (Wildman–Crippen MR) is 65.6 cm³/mol. The molecule has 0 fully saturated rings. The van der Waals surface area contributed by atoms with Gasteiger partial charge in [0.05, 0.1) is 5.02 Å². The average molecular weight is 227 g/mol. The minimum absolute atomic E-state index is 0.173. The number of aryl methyl sites for hydroxylation is 1. The number of rotatable bonds is 6. The number of hydrogen-bond donors (Lipinski definition) is 1. The van der Waals surface area contributed by atoms with E-state index in [-0.39, 0.29) is 5.75 Å². The molecule has 15 heavy (non-hydrogen) atoms. The van der Waals surface area contributed by atoms with Crippen molar-refractivity contribution in [1.82, 2.24) is 0 Å². The van der Waals surface area contributed by atoms with Gasteiger partial charge in [0.25, 0.3) is 0 Å². The number of phenolic OH excluding ortho intramolecular Hbond substituents is 1. The highest BCUT2D eigenvalue weighted by Crippen LogP contribution is 2.24. The van der Waals surface area contributed by atoms with Crippen LogP contribution in [0.1, 0.15) is 44.6 Å². The molecule has 0 atom stereocenters. The first-order valence-electron chi connectivity index (χ1n) is 5.71. The maximum Gasteiger partial charge on any atom is 0.134 e. The molecule has 0 heterocycles. The normalized spacial score (nSPS) is 10.5. The molecule has 1 rings (SSSR count). The van der Waals surface area contributed by atoms with E-state index in [1.165, 1.54) is 37.7 Å². The first-order valence-corrected chi connectivity index (χ1v) is 6.09. The van der Waals surface area contributed by atoms with Gasteiger partial charge in [-0.25, -0.2) is 0 Å². The van der Waals surface area contributed by atoms with Gasteiger partial charge in [0.1, 0.15) is 5.75 Å². The summed E-state index contributed by atoms with van der Waals surface area (Å²) >= 11 is 5.83. The minimum atomic E-state index is 0.173. The number of phenols is 1. The van der Waals surface area contributed by atoms with E-state index in [9.17, 15) is 5.11 Å². The fraction of sp³-hybridized carbons (Fsp3) is 0.538. The maximum absolute atomic E-state index is 9.25. The second-order valence-corrected chi connectivity index (χ2v) is 4.36. The number of halogens is 1. The van der Waals surface area contributed by atoms with Crippen molar-refractivity contribution >= 4 is 11.6 Å². The molecule has 1 N–H and O–H groups in total. The van der Waals surface area contributed by atoms with E-state index in [0.717, 1.165) is 6.42 Å². The van der Waals surface area contributed by atoms with Crippen LogP contribution in [0.25, 0.3) is 0 Å². The molecule has 0 aromatic heterocycles. The molecular formula is C13H19ClO. The second kappa shape index (κ2) is 6.73. The lowest BCUT2D eigenvalue weighted by molar-refractivity contribution is 0.475. The highest BCUT2D eigenvalue weighted by molar-refractivity contribution is 6.32. The highest BCUT2D eigenvalue weighted by atomic mass is 35.5. The minimum Gasteiger partial charge on any atom is -0.506 e. The largest absolute Gasteiger partial charge is 0.506 e. The topological polar surface area (TPSA) is 20.2 Å². The Balaban J connectivity index is 2.28. The van der Waals surface area contributed by atoms with Gasteiger partial charge < -0.3 is 5.11 Å². The van der Waals surface area contributed by atoms with E-state index >= 15 is 0 Å².